The maximum absolute atomic E-state index is 9.36. The van der Waals surface area contributed by atoms with Gasteiger partial charge < -0.3 is 25.4 Å². The van der Waals surface area contributed by atoms with Gasteiger partial charge in [0.25, 0.3) is 0 Å². The van der Waals surface area contributed by atoms with Gasteiger partial charge in [-0.2, -0.15) is 0 Å². The zero-order valence-electron chi connectivity index (χ0n) is 9.78. The second-order valence-electron chi connectivity index (χ2n) is 4.27. The van der Waals surface area contributed by atoms with Crippen LogP contribution in [0.2, 0.25) is 0 Å². The number of aliphatic hydroxyl groups is 4. The minimum atomic E-state index is -1.80. The van der Waals surface area contributed by atoms with Crippen molar-refractivity contribution in [2.75, 3.05) is 0 Å². The average Bonchev–Trinajstić information content (AvgIpc) is 2.75. The van der Waals surface area contributed by atoms with Crippen LogP contribution in [0.15, 0.2) is 30.3 Å². The lowest BCUT2D eigenvalue weighted by molar-refractivity contribution is -0.0531. The van der Waals surface area contributed by atoms with Crippen LogP contribution in [0.25, 0.3) is 21.8 Å². The normalized spacial score (nSPS) is 12.1. The number of aliphatic hydroxyl groups excluding tert-OH is 2. The number of nitrogens with zero attached hydrogens (tertiary/aromatic N) is 1. The Morgan fingerprint density at radius 2 is 1.68 bits per heavy atom. The molecule has 3 aromatic rings. The highest BCUT2D eigenvalue weighted by molar-refractivity contribution is 6.08. The molecule has 0 bridgehead atoms. The van der Waals surface area contributed by atoms with Crippen molar-refractivity contribution in [2.45, 2.75) is 12.6 Å². The van der Waals surface area contributed by atoms with Crippen molar-refractivity contribution >= 4 is 21.8 Å². The Bertz CT molecular complexity index is 749. The molecule has 19 heavy (non-hydrogen) atoms. The summed E-state index contributed by atoms with van der Waals surface area (Å²) in [5.74, 6) is 0. The summed E-state index contributed by atoms with van der Waals surface area (Å²) in [7, 11) is 0. The molecule has 2 heterocycles. The van der Waals surface area contributed by atoms with Crippen LogP contribution in [0.1, 0.15) is 24.0 Å². The molecule has 2 aromatic heterocycles. The fraction of sp³-hybridized carbons (Fsp3) is 0.154. The van der Waals surface area contributed by atoms with Gasteiger partial charge in [0.05, 0.1) is 11.2 Å². The lowest BCUT2D eigenvalue weighted by atomic mass is 10.1. The van der Waals surface area contributed by atoms with Crippen LogP contribution in [0.4, 0.5) is 0 Å². The lowest BCUT2D eigenvalue weighted by Gasteiger charge is -2.09. The highest BCUT2D eigenvalue weighted by Gasteiger charge is 2.18. The number of aromatic amines is 1. The van der Waals surface area contributed by atoms with E-state index in [4.69, 9.17) is 0 Å². The number of benzene rings is 1. The first-order valence-electron chi connectivity index (χ1n) is 5.71. The first kappa shape index (κ1) is 12.1. The second-order valence-corrected chi connectivity index (χ2v) is 4.27. The molecule has 0 saturated carbocycles. The van der Waals surface area contributed by atoms with Crippen molar-refractivity contribution in [3.63, 3.8) is 0 Å². The molecule has 0 amide bonds. The van der Waals surface area contributed by atoms with E-state index in [1.807, 2.05) is 24.3 Å². The van der Waals surface area contributed by atoms with Gasteiger partial charge in [-0.25, -0.2) is 4.98 Å². The van der Waals surface area contributed by atoms with Crippen LogP contribution < -0.4 is 0 Å². The van der Waals surface area contributed by atoms with Crippen LogP contribution in [-0.4, -0.2) is 30.4 Å². The van der Waals surface area contributed by atoms with E-state index >= 15 is 0 Å². The Labute approximate surface area is 107 Å². The molecular formula is C13H12N2O4. The average molecular weight is 260 g/mol. The largest absolute Gasteiger partial charge is 0.363 e. The zero-order valence-corrected chi connectivity index (χ0v) is 9.78. The third kappa shape index (κ3) is 1.87. The van der Waals surface area contributed by atoms with Crippen molar-refractivity contribution in [3.05, 3.63) is 41.7 Å². The van der Waals surface area contributed by atoms with Crippen molar-refractivity contribution in [1.29, 1.82) is 0 Å². The molecule has 0 radical (unpaired) electrons. The maximum atomic E-state index is 9.36. The van der Waals surface area contributed by atoms with E-state index in [1.54, 1.807) is 0 Å². The molecule has 0 spiro atoms. The molecule has 98 valence electrons. The Kier molecular flexibility index (Phi) is 2.72. The number of pyridine rings is 1. The Morgan fingerprint density at radius 3 is 2.37 bits per heavy atom. The minimum Gasteiger partial charge on any atom is -0.363 e. The van der Waals surface area contributed by atoms with Crippen LogP contribution in [0, 0.1) is 0 Å². The van der Waals surface area contributed by atoms with Crippen LogP contribution in [0.5, 0.6) is 0 Å². The molecule has 0 aliphatic rings. The van der Waals surface area contributed by atoms with Crippen LogP contribution in [-0.2, 0) is 0 Å². The fourth-order valence-electron chi connectivity index (χ4n) is 2.21. The molecule has 0 aliphatic heterocycles. The molecule has 0 atom stereocenters. The van der Waals surface area contributed by atoms with Crippen molar-refractivity contribution in [1.82, 2.24) is 9.97 Å². The number of aromatic nitrogens is 2. The van der Waals surface area contributed by atoms with Crippen molar-refractivity contribution < 1.29 is 20.4 Å². The Hall–Kier alpha value is -1.99. The molecule has 0 aliphatic carbocycles. The number of nitrogens with one attached hydrogen (secondary N) is 1. The van der Waals surface area contributed by atoms with Gasteiger partial charge in [0, 0.05) is 16.3 Å². The number of rotatable bonds is 2. The Morgan fingerprint density at radius 1 is 0.947 bits per heavy atom. The lowest BCUT2D eigenvalue weighted by Crippen LogP contribution is -2.06. The quantitative estimate of drug-likeness (QED) is 0.435. The number of hydrogen-bond donors (Lipinski definition) is 5. The molecular weight excluding hydrogens is 248 g/mol. The third-order valence-electron chi connectivity index (χ3n) is 3.05. The van der Waals surface area contributed by atoms with E-state index < -0.39 is 12.6 Å². The minimum absolute atomic E-state index is 0.0275. The molecule has 6 nitrogen and oxygen atoms in total. The van der Waals surface area contributed by atoms with Gasteiger partial charge in [0.15, 0.2) is 12.6 Å². The van der Waals surface area contributed by atoms with Gasteiger partial charge in [0.1, 0.15) is 5.69 Å². The molecule has 5 N–H and O–H groups in total. The van der Waals surface area contributed by atoms with E-state index in [1.165, 1.54) is 6.07 Å². The SMILES string of the molecule is OC(O)c1cc2c([nH]c3ccccc32)c(C(O)O)n1. The summed E-state index contributed by atoms with van der Waals surface area (Å²) < 4.78 is 0. The van der Waals surface area contributed by atoms with E-state index in [0.717, 1.165) is 10.9 Å². The molecule has 0 unspecified atom stereocenters. The fourth-order valence-corrected chi connectivity index (χ4v) is 2.21. The van der Waals surface area contributed by atoms with Gasteiger partial charge in [-0.1, -0.05) is 18.2 Å². The van der Waals surface area contributed by atoms with Gasteiger partial charge >= 0.3 is 0 Å². The third-order valence-corrected chi connectivity index (χ3v) is 3.05. The smallest absolute Gasteiger partial charge is 0.198 e. The molecule has 1 aromatic carbocycles. The maximum Gasteiger partial charge on any atom is 0.198 e. The van der Waals surface area contributed by atoms with Gasteiger partial charge in [-0.05, 0) is 12.1 Å². The van der Waals surface area contributed by atoms with E-state index in [-0.39, 0.29) is 11.4 Å². The van der Waals surface area contributed by atoms with Gasteiger partial charge in [-0.15, -0.1) is 0 Å². The summed E-state index contributed by atoms with van der Waals surface area (Å²) >= 11 is 0. The summed E-state index contributed by atoms with van der Waals surface area (Å²) in [4.78, 5) is 6.91. The molecule has 0 fully saturated rings. The number of H-pyrrole nitrogens is 1. The molecule has 6 heteroatoms. The first-order valence-corrected chi connectivity index (χ1v) is 5.71. The van der Waals surface area contributed by atoms with E-state index in [0.29, 0.717) is 10.9 Å². The topological polar surface area (TPSA) is 110 Å². The summed E-state index contributed by atoms with van der Waals surface area (Å²) in [5, 5.41) is 38.7. The van der Waals surface area contributed by atoms with E-state index in [9.17, 15) is 20.4 Å². The Balaban J connectivity index is 2.45. The summed E-state index contributed by atoms with van der Waals surface area (Å²) in [6.45, 7) is 0. The second kappa shape index (κ2) is 4.29. The van der Waals surface area contributed by atoms with E-state index in [2.05, 4.69) is 9.97 Å². The number of fused-ring (bicyclic) bond motifs is 3. The number of para-hydroxylation sites is 1. The van der Waals surface area contributed by atoms with Crippen LogP contribution >= 0.6 is 0 Å². The van der Waals surface area contributed by atoms with Crippen molar-refractivity contribution in [2.24, 2.45) is 0 Å². The number of hydrogen-bond acceptors (Lipinski definition) is 5. The zero-order chi connectivity index (χ0) is 13.6. The summed E-state index contributed by atoms with van der Waals surface area (Å²) in [6, 6.07) is 8.92. The predicted octanol–water partition coefficient (Wildman–Crippen LogP) is 0.682. The highest BCUT2D eigenvalue weighted by Crippen LogP contribution is 2.30. The summed E-state index contributed by atoms with van der Waals surface area (Å²) in [5.41, 5.74) is 1.23. The summed E-state index contributed by atoms with van der Waals surface area (Å²) in [6.07, 6.45) is -3.56. The first-order chi connectivity index (χ1) is 9.08. The standard InChI is InChI=1S/C13H12N2O4/c16-12(17)9-5-7-6-3-1-2-4-8(6)14-10(7)11(15-9)13(18)19/h1-5,12-14,16-19H. The molecule has 0 saturated heterocycles. The predicted molar refractivity (Wildman–Crippen MR) is 68.0 cm³/mol. The molecule has 3 rings (SSSR count). The monoisotopic (exact) mass is 260 g/mol. The van der Waals surface area contributed by atoms with Gasteiger partial charge in [-0.3, -0.25) is 0 Å². The highest BCUT2D eigenvalue weighted by atomic mass is 16.5. The van der Waals surface area contributed by atoms with Crippen LogP contribution in [0.3, 0.4) is 0 Å². The van der Waals surface area contributed by atoms with Crippen molar-refractivity contribution in [3.8, 4) is 0 Å². The van der Waals surface area contributed by atoms with Gasteiger partial charge in [0.2, 0.25) is 0 Å².